The van der Waals surface area contributed by atoms with E-state index in [4.69, 9.17) is 9.52 Å². The van der Waals surface area contributed by atoms with Crippen molar-refractivity contribution in [1.82, 2.24) is 9.78 Å². The second-order valence-corrected chi connectivity index (χ2v) is 3.63. The Bertz CT molecular complexity index is 473. The van der Waals surface area contributed by atoms with Crippen molar-refractivity contribution >= 4 is 5.97 Å². The monoisotopic (exact) mass is 220 g/mol. The minimum Gasteiger partial charge on any atom is -0.481 e. The van der Waals surface area contributed by atoms with Gasteiger partial charge in [-0.1, -0.05) is 0 Å². The number of carboxylic acid groups (broad SMARTS) is 1. The van der Waals surface area contributed by atoms with Crippen molar-refractivity contribution in [3.8, 4) is 11.3 Å². The number of nitrogens with zero attached hydrogens (tertiary/aromatic N) is 2. The molecule has 0 spiro atoms. The smallest absolute Gasteiger partial charge is 0.305 e. The Hall–Kier alpha value is -2.04. The predicted octanol–water partition coefficient (Wildman–Crippen LogP) is 2.18. The molecular formula is C11H12N2O3. The first kappa shape index (κ1) is 10.5. The van der Waals surface area contributed by atoms with Crippen molar-refractivity contribution in [2.45, 2.75) is 19.4 Å². The van der Waals surface area contributed by atoms with E-state index in [1.54, 1.807) is 29.4 Å². The van der Waals surface area contributed by atoms with E-state index in [0.29, 0.717) is 0 Å². The minimum absolute atomic E-state index is 0.0548. The van der Waals surface area contributed by atoms with Crippen LogP contribution in [0.2, 0.25) is 0 Å². The predicted molar refractivity (Wildman–Crippen MR) is 56.9 cm³/mol. The molecule has 0 amide bonds. The lowest BCUT2D eigenvalue weighted by molar-refractivity contribution is -0.137. The van der Waals surface area contributed by atoms with Crippen LogP contribution in [-0.4, -0.2) is 20.9 Å². The maximum Gasteiger partial charge on any atom is 0.305 e. The summed E-state index contributed by atoms with van der Waals surface area (Å²) in [6.07, 6.45) is 5.09. The van der Waals surface area contributed by atoms with Crippen LogP contribution in [0.1, 0.15) is 19.4 Å². The molecule has 1 N–H and O–H groups in total. The van der Waals surface area contributed by atoms with Gasteiger partial charge >= 0.3 is 5.97 Å². The van der Waals surface area contributed by atoms with E-state index in [2.05, 4.69) is 5.10 Å². The zero-order valence-corrected chi connectivity index (χ0v) is 8.83. The van der Waals surface area contributed by atoms with E-state index in [9.17, 15) is 4.79 Å². The van der Waals surface area contributed by atoms with E-state index in [1.165, 1.54) is 0 Å². The van der Waals surface area contributed by atoms with E-state index in [-0.39, 0.29) is 12.5 Å². The molecule has 84 valence electrons. The van der Waals surface area contributed by atoms with Crippen LogP contribution in [0.25, 0.3) is 11.3 Å². The number of hydrogen-bond acceptors (Lipinski definition) is 3. The number of aromatic nitrogens is 2. The van der Waals surface area contributed by atoms with Gasteiger partial charge in [0.15, 0.2) is 0 Å². The Morgan fingerprint density at radius 1 is 1.69 bits per heavy atom. The number of carboxylic acids is 1. The first-order valence-electron chi connectivity index (χ1n) is 4.96. The van der Waals surface area contributed by atoms with E-state index in [0.717, 1.165) is 11.3 Å². The van der Waals surface area contributed by atoms with E-state index in [1.807, 2.05) is 13.0 Å². The van der Waals surface area contributed by atoms with E-state index < -0.39 is 5.97 Å². The SMILES string of the molecule is CC(CC(=O)O)n1cc(-c2ccco2)cn1. The third-order valence-electron chi connectivity index (χ3n) is 2.33. The number of carbonyl (C=O) groups is 1. The molecule has 0 aliphatic carbocycles. The van der Waals surface area contributed by atoms with Gasteiger partial charge in [-0.05, 0) is 19.1 Å². The Morgan fingerprint density at radius 3 is 3.12 bits per heavy atom. The molecule has 0 aliphatic rings. The lowest BCUT2D eigenvalue weighted by Crippen LogP contribution is -2.10. The second kappa shape index (κ2) is 4.22. The van der Waals surface area contributed by atoms with Gasteiger partial charge in [0.2, 0.25) is 0 Å². The second-order valence-electron chi connectivity index (χ2n) is 3.63. The van der Waals surface area contributed by atoms with Gasteiger partial charge in [-0.25, -0.2) is 0 Å². The fraction of sp³-hybridized carbons (Fsp3) is 0.273. The molecule has 5 nitrogen and oxygen atoms in total. The molecule has 5 heteroatoms. The maximum absolute atomic E-state index is 10.6. The number of aliphatic carboxylic acids is 1. The largest absolute Gasteiger partial charge is 0.481 e. The summed E-state index contributed by atoms with van der Waals surface area (Å²) in [5, 5.41) is 12.8. The van der Waals surface area contributed by atoms with E-state index >= 15 is 0 Å². The molecule has 2 aromatic heterocycles. The zero-order chi connectivity index (χ0) is 11.5. The van der Waals surface area contributed by atoms with Crippen molar-refractivity contribution in [2.24, 2.45) is 0 Å². The van der Waals surface area contributed by atoms with Crippen molar-refractivity contribution in [3.63, 3.8) is 0 Å². The summed E-state index contributed by atoms with van der Waals surface area (Å²) in [7, 11) is 0. The summed E-state index contributed by atoms with van der Waals surface area (Å²) in [5.74, 6) is -0.101. The van der Waals surface area contributed by atoms with Gasteiger partial charge in [-0.2, -0.15) is 5.10 Å². The molecule has 0 bridgehead atoms. The molecular weight excluding hydrogens is 208 g/mol. The molecule has 0 fully saturated rings. The van der Waals surface area contributed by atoms with Crippen LogP contribution in [0.15, 0.2) is 35.2 Å². The molecule has 2 aromatic rings. The molecule has 0 aromatic carbocycles. The standard InChI is InChI=1S/C11H12N2O3/c1-8(5-11(14)15)13-7-9(6-12-13)10-3-2-4-16-10/h2-4,6-8H,5H2,1H3,(H,14,15). The number of rotatable bonds is 4. The van der Waals surface area contributed by atoms with Crippen LogP contribution in [0.4, 0.5) is 0 Å². The van der Waals surface area contributed by atoms with Gasteiger partial charge in [0.1, 0.15) is 5.76 Å². The van der Waals surface area contributed by atoms with Gasteiger partial charge in [0.25, 0.3) is 0 Å². The fourth-order valence-corrected chi connectivity index (χ4v) is 1.50. The highest BCUT2D eigenvalue weighted by Gasteiger charge is 2.12. The van der Waals surface area contributed by atoms with Crippen LogP contribution >= 0.6 is 0 Å². The lowest BCUT2D eigenvalue weighted by Gasteiger charge is -2.08. The summed E-state index contributed by atoms with van der Waals surface area (Å²) in [6, 6.07) is 3.47. The Morgan fingerprint density at radius 2 is 2.50 bits per heavy atom. The average molecular weight is 220 g/mol. The van der Waals surface area contributed by atoms with Crippen molar-refractivity contribution in [2.75, 3.05) is 0 Å². The number of hydrogen-bond donors (Lipinski definition) is 1. The Labute approximate surface area is 92.3 Å². The average Bonchev–Trinajstić information content (AvgIpc) is 2.87. The fourth-order valence-electron chi connectivity index (χ4n) is 1.50. The summed E-state index contributed by atoms with van der Waals surface area (Å²) in [4.78, 5) is 10.6. The van der Waals surface area contributed by atoms with Gasteiger partial charge in [-0.3, -0.25) is 9.48 Å². The maximum atomic E-state index is 10.6. The third-order valence-corrected chi connectivity index (χ3v) is 2.33. The minimum atomic E-state index is -0.831. The molecule has 0 saturated carbocycles. The zero-order valence-electron chi connectivity index (χ0n) is 8.83. The molecule has 1 unspecified atom stereocenters. The molecule has 16 heavy (non-hydrogen) atoms. The third kappa shape index (κ3) is 2.13. The highest BCUT2D eigenvalue weighted by molar-refractivity contribution is 5.67. The molecule has 2 heterocycles. The van der Waals surface area contributed by atoms with Crippen LogP contribution in [0.5, 0.6) is 0 Å². The topological polar surface area (TPSA) is 68.3 Å². The highest BCUT2D eigenvalue weighted by atomic mass is 16.4. The van der Waals surface area contributed by atoms with Gasteiger partial charge in [0, 0.05) is 6.20 Å². The van der Waals surface area contributed by atoms with Crippen LogP contribution in [-0.2, 0) is 4.79 Å². The van der Waals surface area contributed by atoms with Gasteiger partial charge in [-0.15, -0.1) is 0 Å². The van der Waals surface area contributed by atoms with Crippen LogP contribution in [0.3, 0.4) is 0 Å². The first-order valence-corrected chi connectivity index (χ1v) is 4.96. The molecule has 1 atom stereocenters. The highest BCUT2D eigenvalue weighted by Crippen LogP contribution is 2.20. The van der Waals surface area contributed by atoms with Crippen molar-refractivity contribution in [3.05, 3.63) is 30.8 Å². The van der Waals surface area contributed by atoms with Gasteiger partial charge < -0.3 is 9.52 Å². The van der Waals surface area contributed by atoms with Crippen molar-refractivity contribution < 1.29 is 14.3 Å². The van der Waals surface area contributed by atoms with Gasteiger partial charge in [0.05, 0.1) is 30.5 Å². The molecule has 2 rings (SSSR count). The Balaban J connectivity index is 2.16. The first-order chi connectivity index (χ1) is 7.66. The summed E-state index contributed by atoms with van der Waals surface area (Å²) >= 11 is 0. The molecule has 0 aliphatic heterocycles. The quantitative estimate of drug-likeness (QED) is 0.857. The summed E-state index contributed by atoms with van der Waals surface area (Å²) in [6.45, 7) is 1.81. The lowest BCUT2D eigenvalue weighted by atomic mass is 10.2. The van der Waals surface area contributed by atoms with Crippen molar-refractivity contribution in [1.29, 1.82) is 0 Å². The normalized spacial score (nSPS) is 12.6. The number of furan rings is 1. The summed E-state index contributed by atoms with van der Waals surface area (Å²) < 4.78 is 6.85. The summed E-state index contributed by atoms with van der Waals surface area (Å²) in [5.41, 5.74) is 0.849. The molecule has 0 radical (unpaired) electrons. The van der Waals surface area contributed by atoms with Crippen LogP contribution in [0, 0.1) is 0 Å². The molecule has 0 saturated heterocycles. The Kier molecular flexibility index (Phi) is 2.76. The van der Waals surface area contributed by atoms with Crippen LogP contribution < -0.4 is 0 Å².